The minimum atomic E-state index is -0.375. The molecule has 3 rings (SSSR count). The van der Waals surface area contributed by atoms with Crippen LogP contribution >= 0.6 is 0 Å². The number of benzene rings is 2. The highest BCUT2D eigenvalue weighted by Gasteiger charge is 2.44. The molecule has 2 aromatic rings. The van der Waals surface area contributed by atoms with Crippen molar-refractivity contribution in [2.45, 2.75) is 18.3 Å². The van der Waals surface area contributed by atoms with Crippen LogP contribution < -0.4 is 15.4 Å². The molecule has 0 radical (unpaired) electrons. The van der Waals surface area contributed by atoms with Crippen LogP contribution in [0.3, 0.4) is 0 Å². The minimum absolute atomic E-state index is 0.00551. The van der Waals surface area contributed by atoms with Crippen LogP contribution in [-0.2, 0) is 5.41 Å². The van der Waals surface area contributed by atoms with Gasteiger partial charge in [0.25, 0.3) is 0 Å². The maximum absolute atomic E-state index is 13.1. The van der Waals surface area contributed by atoms with Crippen LogP contribution in [0.15, 0.2) is 48.5 Å². The maximum Gasteiger partial charge on any atom is 0.319 e. The molecule has 0 bridgehead atoms. The first-order valence-corrected chi connectivity index (χ1v) is 7.56. The van der Waals surface area contributed by atoms with Gasteiger partial charge in [-0.15, -0.1) is 0 Å². The fraction of sp³-hybridized carbons (Fsp3) is 0.278. The quantitative estimate of drug-likeness (QED) is 0.884. The molecule has 0 aliphatic heterocycles. The number of anilines is 1. The van der Waals surface area contributed by atoms with E-state index in [1.807, 2.05) is 24.3 Å². The topological polar surface area (TPSA) is 50.4 Å². The zero-order chi connectivity index (χ0) is 16.3. The van der Waals surface area contributed by atoms with Gasteiger partial charge in [-0.3, -0.25) is 0 Å². The number of rotatable bonds is 5. The lowest BCUT2D eigenvalue weighted by molar-refractivity contribution is 0.251. The Kier molecular flexibility index (Phi) is 4.19. The number of hydrogen-bond acceptors (Lipinski definition) is 2. The van der Waals surface area contributed by atoms with Gasteiger partial charge < -0.3 is 15.4 Å². The first-order valence-electron chi connectivity index (χ1n) is 7.56. The van der Waals surface area contributed by atoms with Gasteiger partial charge >= 0.3 is 6.03 Å². The Balaban J connectivity index is 1.57. The van der Waals surface area contributed by atoms with Crippen molar-refractivity contribution in [3.8, 4) is 5.75 Å². The number of urea groups is 1. The molecule has 120 valence electrons. The number of hydrogen-bond donors (Lipinski definition) is 2. The molecule has 23 heavy (non-hydrogen) atoms. The lowest BCUT2D eigenvalue weighted by Gasteiger charge is -2.17. The standard InChI is InChI=1S/C18H19FN2O2/c1-23-16-7-5-13(6-8-16)18(9-10-18)12-20-17(22)21-15-4-2-3-14(19)11-15/h2-8,11H,9-10,12H2,1H3,(H2,20,21,22). The molecule has 0 heterocycles. The summed E-state index contributed by atoms with van der Waals surface area (Å²) in [6.45, 7) is 0.556. The van der Waals surface area contributed by atoms with Crippen molar-refractivity contribution in [2.24, 2.45) is 0 Å². The molecular weight excluding hydrogens is 295 g/mol. The van der Waals surface area contributed by atoms with Gasteiger partial charge in [0.05, 0.1) is 7.11 Å². The van der Waals surface area contributed by atoms with Gasteiger partial charge in [0.1, 0.15) is 11.6 Å². The number of halogens is 1. The fourth-order valence-electron chi connectivity index (χ4n) is 2.65. The third kappa shape index (κ3) is 3.62. The van der Waals surface area contributed by atoms with Gasteiger partial charge in [-0.2, -0.15) is 0 Å². The third-order valence-electron chi connectivity index (χ3n) is 4.23. The molecule has 0 aromatic heterocycles. The van der Waals surface area contributed by atoms with E-state index < -0.39 is 0 Å². The van der Waals surface area contributed by atoms with E-state index in [0.29, 0.717) is 12.2 Å². The number of methoxy groups -OCH3 is 1. The van der Waals surface area contributed by atoms with E-state index in [4.69, 9.17) is 4.74 Å². The van der Waals surface area contributed by atoms with E-state index in [0.717, 1.165) is 18.6 Å². The van der Waals surface area contributed by atoms with Crippen molar-refractivity contribution in [1.29, 1.82) is 0 Å². The molecule has 0 spiro atoms. The van der Waals surface area contributed by atoms with E-state index in [2.05, 4.69) is 10.6 Å². The number of amides is 2. The van der Waals surface area contributed by atoms with E-state index in [1.54, 1.807) is 19.2 Å². The molecule has 1 saturated carbocycles. The second kappa shape index (κ2) is 6.28. The zero-order valence-electron chi connectivity index (χ0n) is 12.9. The van der Waals surface area contributed by atoms with Crippen LogP contribution in [-0.4, -0.2) is 19.7 Å². The maximum atomic E-state index is 13.1. The molecule has 0 saturated heterocycles. The van der Waals surface area contributed by atoms with Crippen molar-refractivity contribution < 1.29 is 13.9 Å². The Morgan fingerprint density at radius 1 is 1.22 bits per heavy atom. The third-order valence-corrected chi connectivity index (χ3v) is 4.23. The summed E-state index contributed by atoms with van der Waals surface area (Å²) in [6, 6.07) is 13.5. The number of carbonyl (C=O) groups is 1. The van der Waals surface area contributed by atoms with Crippen LogP contribution in [0.1, 0.15) is 18.4 Å². The van der Waals surface area contributed by atoms with Crippen LogP contribution in [0.5, 0.6) is 5.75 Å². The lowest BCUT2D eigenvalue weighted by atomic mass is 9.96. The predicted molar refractivity (Wildman–Crippen MR) is 87.3 cm³/mol. The van der Waals surface area contributed by atoms with Gasteiger partial charge in [0.2, 0.25) is 0 Å². The molecular formula is C18H19FN2O2. The summed E-state index contributed by atoms with van der Waals surface area (Å²) in [6.07, 6.45) is 2.08. The van der Waals surface area contributed by atoms with E-state index >= 15 is 0 Å². The van der Waals surface area contributed by atoms with Gasteiger partial charge in [-0.05, 0) is 48.7 Å². The molecule has 1 aliphatic rings. The molecule has 2 N–H and O–H groups in total. The highest BCUT2D eigenvalue weighted by atomic mass is 19.1. The second-order valence-electron chi connectivity index (χ2n) is 5.83. The summed E-state index contributed by atoms with van der Waals surface area (Å²) in [5.74, 6) is 0.445. The van der Waals surface area contributed by atoms with Crippen molar-refractivity contribution in [1.82, 2.24) is 5.32 Å². The Labute approximate surface area is 134 Å². The first-order chi connectivity index (χ1) is 11.1. The monoisotopic (exact) mass is 314 g/mol. The van der Waals surface area contributed by atoms with Crippen LogP contribution in [0, 0.1) is 5.82 Å². The second-order valence-corrected chi connectivity index (χ2v) is 5.83. The lowest BCUT2D eigenvalue weighted by Crippen LogP contribution is -2.35. The minimum Gasteiger partial charge on any atom is -0.497 e. The molecule has 1 aliphatic carbocycles. The van der Waals surface area contributed by atoms with Crippen LogP contribution in [0.25, 0.3) is 0 Å². The number of carbonyl (C=O) groups excluding carboxylic acids is 1. The summed E-state index contributed by atoms with van der Waals surface area (Å²) in [7, 11) is 1.64. The van der Waals surface area contributed by atoms with Gasteiger partial charge in [-0.25, -0.2) is 9.18 Å². The van der Waals surface area contributed by atoms with Gasteiger partial charge in [-0.1, -0.05) is 18.2 Å². The number of nitrogens with one attached hydrogen (secondary N) is 2. The fourth-order valence-corrected chi connectivity index (χ4v) is 2.65. The molecule has 2 amide bonds. The Morgan fingerprint density at radius 2 is 1.96 bits per heavy atom. The molecule has 2 aromatic carbocycles. The van der Waals surface area contributed by atoms with Crippen molar-refractivity contribution in [3.63, 3.8) is 0 Å². The summed E-state index contributed by atoms with van der Waals surface area (Å²) in [5.41, 5.74) is 1.65. The van der Waals surface area contributed by atoms with Gasteiger partial charge in [0.15, 0.2) is 0 Å². The molecule has 1 fully saturated rings. The van der Waals surface area contributed by atoms with Crippen molar-refractivity contribution >= 4 is 11.7 Å². The van der Waals surface area contributed by atoms with E-state index in [-0.39, 0.29) is 17.3 Å². The smallest absolute Gasteiger partial charge is 0.319 e. The van der Waals surface area contributed by atoms with Gasteiger partial charge in [0, 0.05) is 17.6 Å². The summed E-state index contributed by atoms with van der Waals surface area (Å²) in [4.78, 5) is 12.0. The molecule has 5 heteroatoms. The van der Waals surface area contributed by atoms with E-state index in [9.17, 15) is 9.18 Å². The van der Waals surface area contributed by atoms with Crippen molar-refractivity contribution in [3.05, 3.63) is 59.9 Å². The molecule has 0 unspecified atom stereocenters. The number of ether oxygens (including phenoxy) is 1. The van der Waals surface area contributed by atoms with Crippen LogP contribution in [0.4, 0.5) is 14.9 Å². The predicted octanol–water partition coefficient (Wildman–Crippen LogP) is 3.69. The van der Waals surface area contributed by atoms with Crippen LogP contribution in [0.2, 0.25) is 0 Å². The summed E-state index contributed by atoms with van der Waals surface area (Å²) < 4.78 is 18.3. The Hall–Kier alpha value is -2.56. The normalized spacial score (nSPS) is 14.9. The summed E-state index contributed by atoms with van der Waals surface area (Å²) in [5, 5.41) is 5.52. The average molecular weight is 314 g/mol. The van der Waals surface area contributed by atoms with E-state index in [1.165, 1.54) is 17.7 Å². The largest absolute Gasteiger partial charge is 0.497 e. The average Bonchev–Trinajstić information content (AvgIpc) is 3.34. The SMILES string of the molecule is COc1ccc(C2(CNC(=O)Nc3cccc(F)c3)CC2)cc1. The molecule has 0 atom stereocenters. The highest BCUT2D eigenvalue weighted by molar-refractivity contribution is 5.89. The molecule has 4 nitrogen and oxygen atoms in total. The van der Waals surface area contributed by atoms with Crippen molar-refractivity contribution in [2.75, 3.05) is 19.0 Å². The summed E-state index contributed by atoms with van der Waals surface area (Å²) >= 11 is 0. The Morgan fingerprint density at radius 3 is 2.57 bits per heavy atom. The Bertz CT molecular complexity index is 696. The zero-order valence-corrected chi connectivity index (χ0v) is 12.9. The first kappa shape index (κ1) is 15.3. The highest BCUT2D eigenvalue weighted by Crippen LogP contribution is 2.47.